The second kappa shape index (κ2) is 5.69. The first kappa shape index (κ1) is 12.1. The fraction of sp³-hybridized carbons (Fsp3) is 1.00. The van der Waals surface area contributed by atoms with E-state index in [2.05, 4.69) is 18.8 Å². The highest BCUT2D eigenvalue weighted by Gasteiger charge is 2.30. The minimum atomic E-state index is -1.87. The maximum absolute atomic E-state index is 5.78. The van der Waals surface area contributed by atoms with Gasteiger partial charge in [-0.2, -0.15) is 0 Å². The van der Waals surface area contributed by atoms with Gasteiger partial charge in [-0.05, 0) is 33.5 Å². The van der Waals surface area contributed by atoms with Crippen LogP contribution in [0.4, 0.5) is 0 Å². The average Bonchev–Trinajstić information content (AvgIpc) is 2.05. The van der Waals surface area contributed by atoms with Crippen LogP contribution in [0.25, 0.3) is 0 Å². The van der Waals surface area contributed by atoms with Gasteiger partial charge < -0.3 is 8.85 Å². The largest absolute Gasteiger partial charge is 0.395 e. The van der Waals surface area contributed by atoms with Crippen LogP contribution in [0, 0.1) is 0 Å². The smallest absolute Gasteiger partial charge is 0.335 e. The Bertz CT molecular complexity index is 124. The van der Waals surface area contributed by atoms with Crippen molar-refractivity contribution in [3.8, 4) is 0 Å². The van der Waals surface area contributed by atoms with Gasteiger partial charge >= 0.3 is 8.56 Å². The molecule has 0 aromatic rings. The molecule has 12 heavy (non-hydrogen) atoms. The Morgan fingerprint density at radius 3 is 2.33 bits per heavy atom. The SMILES string of the molecule is CCO[Si](C)(CC)OC(C)NC. The minimum Gasteiger partial charge on any atom is -0.395 e. The normalized spacial score (nSPS) is 18.8. The van der Waals surface area contributed by atoms with Gasteiger partial charge in [0.25, 0.3) is 0 Å². The maximum Gasteiger partial charge on any atom is 0.335 e. The molecular formula is C8H21NO2Si. The number of hydrogen-bond acceptors (Lipinski definition) is 3. The van der Waals surface area contributed by atoms with Gasteiger partial charge in [-0.3, -0.25) is 5.32 Å². The second-order valence-electron chi connectivity index (χ2n) is 2.97. The topological polar surface area (TPSA) is 30.5 Å². The highest BCUT2D eigenvalue weighted by Crippen LogP contribution is 2.13. The van der Waals surface area contributed by atoms with E-state index in [9.17, 15) is 0 Å². The van der Waals surface area contributed by atoms with Gasteiger partial charge in [0.05, 0.1) is 6.23 Å². The zero-order valence-electron chi connectivity index (χ0n) is 8.81. The third-order valence-corrected chi connectivity index (χ3v) is 4.96. The highest BCUT2D eigenvalue weighted by atomic mass is 28.4. The van der Waals surface area contributed by atoms with E-state index in [4.69, 9.17) is 8.85 Å². The van der Waals surface area contributed by atoms with E-state index in [1.54, 1.807) is 0 Å². The lowest BCUT2D eigenvalue weighted by atomic mass is 10.7. The van der Waals surface area contributed by atoms with Crippen molar-refractivity contribution in [2.75, 3.05) is 13.7 Å². The van der Waals surface area contributed by atoms with Crippen molar-refractivity contribution in [2.24, 2.45) is 0 Å². The molecule has 4 heteroatoms. The van der Waals surface area contributed by atoms with Crippen molar-refractivity contribution < 1.29 is 8.85 Å². The molecule has 1 N–H and O–H groups in total. The first-order valence-corrected chi connectivity index (χ1v) is 7.09. The molecule has 3 nitrogen and oxygen atoms in total. The molecule has 0 fully saturated rings. The van der Waals surface area contributed by atoms with E-state index in [0.29, 0.717) is 0 Å². The summed E-state index contributed by atoms with van der Waals surface area (Å²) < 4.78 is 11.4. The molecular weight excluding hydrogens is 170 g/mol. The number of hydrogen-bond donors (Lipinski definition) is 1. The molecule has 0 heterocycles. The predicted octanol–water partition coefficient (Wildman–Crippen LogP) is 1.70. The molecule has 0 amide bonds. The van der Waals surface area contributed by atoms with Crippen molar-refractivity contribution in [1.82, 2.24) is 5.32 Å². The summed E-state index contributed by atoms with van der Waals surface area (Å²) in [5, 5.41) is 3.05. The monoisotopic (exact) mass is 191 g/mol. The standard InChI is InChI=1S/C8H21NO2Si/c1-6-10-12(5,7-2)11-8(3)9-4/h8-9H,6-7H2,1-5H3. The van der Waals surface area contributed by atoms with E-state index in [1.807, 2.05) is 20.9 Å². The van der Waals surface area contributed by atoms with Gasteiger partial charge in [0, 0.05) is 6.61 Å². The fourth-order valence-electron chi connectivity index (χ4n) is 0.958. The van der Waals surface area contributed by atoms with Crippen LogP contribution in [0.15, 0.2) is 0 Å². The van der Waals surface area contributed by atoms with Gasteiger partial charge in [-0.25, -0.2) is 0 Å². The van der Waals surface area contributed by atoms with Crippen molar-refractivity contribution in [2.45, 2.75) is 39.6 Å². The van der Waals surface area contributed by atoms with Crippen LogP contribution in [-0.2, 0) is 8.85 Å². The third kappa shape index (κ3) is 4.20. The third-order valence-electron chi connectivity index (χ3n) is 1.92. The maximum atomic E-state index is 5.78. The van der Waals surface area contributed by atoms with Gasteiger partial charge in [-0.1, -0.05) is 6.92 Å². The quantitative estimate of drug-likeness (QED) is 0.512. The van der Waals surface area contributed by atoms with Crippen LogP contribution >= 0.6 is 0 Å². The van der Waals surface area contributed by atoms with Crippen molar-refractivity contribution >= 4 is 8.56 Å². The van der Waals surface area contributed by atoms with Gasteiger partial charge in [0.15, 0.2) is 0 Å². The highest BCUT2D eigenvalue weighted by molar-refractivity contribution is 6.65. The molecule has 0 bridgehead atoms. The summed E-state index contributed by atoms with van der Waals surface area (Å²) in [6, 6.07) is 0.993. The van der Waals surface area contributed by atoms with Crippen LogP contribution in [0.5, 0.6) is 0 Å². The molecule has 2 atom stereocenters. The molecule has 0 aliphatic rings. The summed E-state index contributed by atoms with van der Waals surface area (Å²) in [4.78, 5) is 0. The first-order valence-electron chi connectivity index (χ1n) is 4.57. The molecule has 0 aromatic carbocycles. The van der Waals surface area contributed by atoms with Crippen LogP contribution in [-0.4, -0.2) is 28.4 Å². The lowest BCUT2D eigenvalue weighted by Gasteiger charge is -2.28. The summed E-state index contributed by atoms with van der Waals surface area (Å²) in [6.45, 7) is 8.97. The lowest BCUT2D eigenvalue weighted by molar-refractivity contribution is 0.115. The second-order valence-corrected chi connectivity index (χ2v) is 6.47. The molecule has 0 aliphatic heterocycles. The molecule has 0 rings (SSSR count). The van der Waals surface area contributed by atoms with Gasteiger partial charge in [0.2, 0.25) is 0 Å². The van der Waals surface area contributed by atoms with Gasteiger partial charge in [-0.15, -0.1) is 0 Å². The zero-order valence-corrected chi connectivity index (χ0v) is 9.81. The predicted molar refractivity (Wildman–Crippen MR) is 53.3 cm³/mol. The zero-order chi connectivity index (χ0) is 9.61. The first-order chi connectivity index (χ1) is 5.58. The Balaban J connectivity index is 3.94. The summed E-state index contributed by atoms with van der Waals surface area (Å²) in [5.41, 5.74) is 0. The van der Waals surface area contributed by atoms with Crippen LogP contribution < -0.4 is 5.32 Å². The Morgan fingerprint density at radius 2 is 2.00 bits per heavy atom. The molecule has 74 valence electrons. The van der Waals surface area contributed by atoms with Crippen LogP contribution in [0.2, 0.25) is 12.6 Å². The Morgan fingerprint density at radius 1 is 1.42 bits per heavy atom. The summed E-state index contributed by atoms with van der Waals surface area (Å²) in [5.74, 6) is 0. The number of nitrogens with one attached hydrogen (secondary N) is 1. The van der Waals surface area contributed by atoms with Crippen LogP contribution in [0.3, 0.4) is 0 Å². The van der Waals surface area contributed by atoms with E-state index >= 15 is 0 Å². The van der Waals surface area contributed by atoms with E-state index in [1.165, 1.54) is 0 Å². The Labute approximate surface area is 76.7 Å². The molecule has 0 saturated carbocycles. The molecule has 0 radical (unpaired) electrons. The fourth-order valence-corrected chi connectivity index (χ4v) is 2.87. The van der Waals surface area contributed by atoms with E-state index in [0.717, 1.165) is 12.7 Å². The summed E-state index contributed by atoms with van der Waals surface area (Å²) >= 11 is 0. The van der Waals surface area contributed by atoms with Gasteiger partial charge in [0.1, 0.15) is 0 Å². The molecule has 2 unspecified atom stereocenters. The Kier molecular flexibility index (Phi) is 5.74. The molecule has 0 saturated heterocycles. The molecule has 0 spiro atoms. The Hall–Kier alpha value is 0.0969. The number of rotatable bonds is 6. The summed E-state index contributed by atoms with van der Waals surface area (Å²) in [7, 11) is 0.0200. The van der Waals surface area contributed by atoms with Crippen molar-refractivity contribution in [3.63, 3.8) is 0 Å². The summed E-state index contributed by atoms with van der Waals surface area (Å²) in [6.07, 6.45) is 0.0909. The minimum absolute atomic E-state index is 0.0909. The average molecular weight is 191 g/mol. The van der Waals surface area contributed by atoms with Crippen molar-refractivity contribution in [1.29, 1.82) is 0 Å². The van der Waals surface area contributed by atoms with Crippen molar-refractivity contribution in [3.05, 3.63) is 0 Å². The van der Waals surface area contributed by atoms with E-state index in [-0.39, 0.29) is 6.23 Å². The lowest BCUT2D eigenvalue weighted by Crippen LogP contribution is -2.44. The van der Waals surface area contributed by atoms with E-state index < -0.39 is 8.56 Å². The molecule has 0 aromatic heterocycles. The van der Waals surface area contributed by atoms with Crippen LogP contribution in [0.1, 0.15) is 20.8 Å². The molecule has 0 aliphatic carbocycles.